The molecule has 0 radical (unpaired) electrons. The van der Waals surface area contributed by atoms with Crippen molar-refractivity contribution in [2.45, 2.75) is 38.3 Å². The lowest BCUT2D eigenvalue weighted by molar-refractivity contribution is -0.116. The first-order valence-corrected chi connectivity index (χ1v) is 17.1. The van der Waals surface area contributed by atoms with Crippen LogP contribution in [-0.4, -0.2) is 25.4 Å². The third kappa shape index (κ3) is 6.69. The number of methoxy groups -OCH3 is 1. The zero-order valence-corrected chi connectivity index (χ0v) is 28.7. The second-order valence-electron chi connectivity index (χ2n) is 12.3. The van der Waals surface area contributed by atoms with Crippen molar-refractivity contribution >= 4 is 34.7 Å². The normalized spacial score (nSPS) is 16.9. The molecule has 5 aromatic rings. The van der Waals surface area contributed by atoms with Crippen LogP contribution in [0.1, 0.15) is 58.8 Å². The second kappa shape index (κ2) is 14.5. The molecule has 0 saturated heterocycles. The standard InChI is InChI=1S/C42H37ClN2O5/c1-3-49-39-25-30(17-22-38(39)50-26-27-13-18-32(43)19-14-27)41-40-35(23-31(24-37(40)46)28-15-20-33(48-2)21-16-28)44-34-11-7-8-12-36(34)45(41)42(47)29-9-5-4-6-10-29/h4-22,25,31,41,44H,3,23-24,26H2,1-2H3/t31-,41+/m1/s1. The topological polar surface area (TPSA) is 77.1 Å². The van der Waals surface area contributed by atoms with E-state index in [1.54, 1.807) is 24.1 Å². The molecule has 1 N–H and O–H groups in total. The molecule has 7 rings (SSSR count). The molecule has 1 heterocycles. The summed E-state index contributed by atoms with van der Waals surface area (Å²) in [6, 6.07) is 37.2. The largest absolute Gasteiger partial charge is 0.497 e. The highest BCUT2D eigenvalue weighted by atomic mass is 35.5. The molecule has 2 atom stereocenters. The van der Waals surface area contributed by atoms with Gasteiger partial charge in [-0.2, -0.15) is 0 Å². The van der Waals surface area contributed by atoms with Gasteiger partial charge in [0, 0.05) is 28.3 Å². The molecule has 8 heteroatoms. The molecule has 0 fully saturated rings. The third-order valence-electron chi connectivity index (χ3n) is 9.21. The number of rotatable bonds is 9. The Bertz CT molecular complexity index is 2040. The average Bonchev–Trinajstić information content (AvgIpc) is 3.30. The van der Waals surface area contributed by atoms with Crippen LogP contribution >= 0.6 is 11.6 Å². The summed E-state index contributed by atoms with van der Waals surface area (Å²) in [5.74, 6) is 1.55. The molecule has 1 aliphatic heterocycles. The fourth-order valence-corrected chi connectivity index (χ4v) is 6.91. The maximum Gasteiger partial charge on any atom is 0.259 e. The van der Waals surface area contributed by atoms with Gasteiger partial charge in [0.2, 0.25) is 0 Å². The molecule has 7 nitrogen and oxygen atoms in total. The number of nitrogens with zero attached hydrogens (tertiary/aromatic N) is 1. The Morgan fingerprint density at radius 1 is 0.820 bits per heavy atom. The SMILES string of the molecule is CCOc1cc([C@H]2C3=C(C[C@@H](c4ccc(OC)cc4)CC3=O)Nc3ccccc3N2C(=O)c2ccccc2)ccc1OCc1ccc(Cl)cc1. The second-order valence-corrected chi connectivity index (χ2v) is 12.8. The summed E-state index contributed by atoms with van der Waals surface area (Å²) in [4.78, 5) is 31.0. The number of nitrogens with one attached hydrogen (secondary N) is 1. The first-order chi connectivity index (χ1) is 24.4. The van der Waals surface area contributed by atoms with Gasteiger partial charge in [-0.05, 0) is 96.6 Å². The van der Waals surface area contributed by atoms with Crippen LogP contribution in [0, 0.1) is 0 Å². The Hall–Kier alpha value is -5.53. The molecule has 0 spiro atoms. The van der Waals surface area contributed by atoms with Crippen molar-refractivity contribution in [2.24, 2.45) is 0 Å². The summed E-state index contributed by atoms with van der Waals surface area (Å²) in [7, 11) is 1.64. The lowest BCUT2D eigenvalue weighted by atomic mass is 9.78. The molecule has 2 aliphatic rings. The number of ether oxygens (including phenoxy) is 3. The van der Waals surface area contributed by atoms with Crippen LogP contribution in [0.3, 0.4) is 0 Å². The number of ketones is 1. The number of fused-ring (bicyclic) bond motifs is 1. The third-order valence-corrected chi connectivity index (χ3v) is 9.46. The zero-order valence-electron chi connectivity index (χ0n) is 27.9. The molecule has 0 aromatic heterocycles. The Morgan fingerprint density at radius 3 is 2.28 bits per heavy atom. The smallest absolute Gasteiger partial charge is 0.259 e. The predicted octanol–water partition coefficient (Wildman–Crippen LogP) is 9.54. The van der Waals surface area contributed by atoms with Gasteiger partial charge in [-0.1, -0.05) is 72.3 Å². The Balaban J connectivity index is 1.36. The van der Waals surface area contributed by atoms with Gasteiger partial charge in [0.25, 0.3) is 5.91 Å². The van der Waals surface area contributed by atoms with Gasteiger partial charge in [0.15, 0.2) is 17.3 Å². The number of carbonyl (C=O) groups is 2. The summed E-state index contributed by atoms with van der Waals surface area (Å²) < 4.78 is 17.8. The van der Waals surface area contributed by atoms with Crippen molar-refractivity contribution in [3.05, 3.63) is 160 Å². The van der Waals surface area contributed by atoms with Gasteiger partial charge >= 0.3 is 0 Å². The highest BCUT2D eigenvalue weighted by Crippen LogP contribution is 2.49. The minimum atomic E-state index is -0.748. The molecule has 0 saturated carbocycles. The van der Waals surface area contributed by atoms with Gasteiger partial charge in [0.1, 0.15) is 12.4 Å². The highest BCUT2D eigenvalue weighted by Gasteiger charge is 2.42. The summed E-state index contributed by atoms with van der Waals surface area (Å²) in [5, 5.41) is 4.27. The fourth-order valence-electron chi connectivity index (χ4n) is 6.78. The van der Waals surface area contributed by atoms with E-state index >= 15 is 0 Å². The van der Waals surface area contributed by atoms with Crippen molar-refractivity contribution in [2.75, 3.05) is 23.9 Å². The predicted molar refractivity (Wildman–Crippen MR) is 196 cm³/mol. The molecule has 252 valence electrons. The summed E-state index contributed by atoms with van der Waals surface area (Å²) in [6.07, 6.45) is 0.889. The molecule has 1 amide bonds. The number of anilines is 2. The van der Waals surface area contributed by atoms with Crippen LogP contribution in [0.2, 0.25) is 5.02 Å². The van der Waals surface area contributed by atoms with Gasteiger partial charge in [0.05, 0.1) is 31.1 Å². The van der Waals surface area contributed by atoms with Gasteiger partial charge < -0.3 is 19.5 Å². The Morgan fingerprint density at radius 2 is 1.54 bits per heavy atom. The number of amides is 1. The number of benzene rings is 5. The lowest BCUT2D eigenvalue weighted by Gasteiger charge is -2.35. The number of halogens is 1. The summed E-state index contributed by atoms with van der Waals surface area (Å²) in [6.45, 7) is 2.63. The number of hydrogen-bond acceptors (Lipinski definition) is 6. The number of allylic oxidation sites excluding steroid dienone is 1. The lowest BCUT2D eigenvalue weighted by Crippen LogP contribution is -2.38. The van der Waals surface area contributed by atoms with E-state index in [2.05, 4.69) is 5.32 Å². The minimum absolute atomic E-state index is 0.0238. The van der Waals surface area contributed by atoms with E-state index in [9.17, 15) is 9.59 Å². The van der Waals surface area contributed by atoms with Crippen LogP contribution in [-0.2, 0) is 11.4 Å². The molecule has 50 heavy (non-hydrogen) atoms. The van der Waals surface area contributed by atoms with E-state index in [4.69, 9.17) is 25.8 Å². The average molecular weight is 685 g/mol. The first kappa shape index (κ1) is 33.0. The molecule has 0 unspecified atom stereocenters. The van der Waals surface area contributed by atoms with Gasteiger partial charge in [-0.3, -0.25) is 14.5 Å². The quantitative estimate of drug-likeness (QED) is 0.167. The maximum absolute atomic E-state index is 14.7. The van der Waals surface area contributed by atoms with E-state index in [0.29, 0.717) is 59.4 Å². The monoisotopic (exact) mass is 684 g/mol. The fraction of sp³-hybridized carbons (Fsp3) is 0.190. The number of Topliss-reactive ketones (excluding diaryl/α,β-unsaturated/α-hetero) is 1. The van der Waals surface area contributed by atoms with E-state index < -0.39 is 6.04 Å². The molecular weight excluding hydrogens is 648 g/mol. The highest BCUT2D eigenvalue weighted by molar-refractivity contribution is 6.30. The summed E-state index contributed by atoms with van der Waals surface area (Å²) >= 11 is 6.09. The van der Waals surface area contributed by atoms with Crippen LogP contribution in [0.15, 0.2) is 133 Å². The van der Waals surface area contributed by atoms with E-state index in [1.807, 2.05) is 116 Å². The molecular formula is C42H37ClN2O5. The van der Waals surface area contributed by atoms with Crippen molar-refractivity contribution < 1.29 is 23.8 Å². The molecule has 0 bridgehead atoms. The number of hydrogen-bond donors (Lipinski definition) is 1. The minimum Gasteiger partial charge on any atom is -0.497 e. The van der Waals surface area contributed by atoms with Gasteiger partial charge in [-0.15, -0.1) is 0 Å². The zero-order chi connectivity index (χ0) is 34.6. The van der Waals surface area contributed by atoms with Crippen molar-refractivity contribution in [3.63, 3.8) is 0 Å². The number of carbonyl (C=O) groups excluding carboxylic acids is 2. The Kier molecular flexibility index (Phi) is 9.58. The van der Waals surface area contributed by atoms with Crippen LogP contribution < -0.4 is 24.4 Å². The summed E-state index contributed by atoms with van der Waals surface area (Å²) in [5.41, 5.74) is 6.05. The maximum atomic E-state index is 14.7. The van der Waals surface area contributed by atoms with Crippen LogP contribution in [0.25, 0.3) is 0 Å². The molecule has 5 aromatic carbocycles. The van der Waals surface area contributed by atoms with E-state index in [-0.39, 0.29) is 17.6 Å². The first-order valence-electron chi connectivity index (χ1n) is 16.7. The van der Waals surface area contributed by atoms with Crippen molar-refractivity contribution in [1.29, 1.82) is 0 Å². The van der Waals surface area contributed by atoms with Crippen molar-refractivity contribution in [3.8, 4) is 17.2 Å². The van der Waals surface area contributed by atoms with E-state index in [0.717, 1.165) is 33.8 Å². The van der Waals surface area contributed by atoms with E-state index in [1.165, 1.54) is 0 Å². The van der Waals surface area contributed by atoms with Crippen LogP contribution in [0.4, 0.5) is 11.4 Å². The molecule has 1 aliphatic carbocycles. The Labute approximate surface area is 297 Å². The van der Waals surface area contributed by atoms with Crippen molar-refractivity contribution in [1.82, 2.24) is 0 Å². The van der Waals surface area contributed by atoms with Crippen LogP contribution in [0.5, 0.6) is 17.2 Å². The van der Waals surface area contributed by atoms with Gasteiger partial charge in [-0.25, -0.2) is 0 Å². The number of para-hydroxylation sites is 2.